The Bertz CT molecular complexity index is 633. The molecular formula is C14H10BrF2NO. The topological polar surface area (TPSA) is 21.3 Å². The molecule has 0 fully saturated rings. The summed E-state index contributed by atoms with van der Waals surface area (Å²) in [6.07, 6.45) is -0.272. The fourth-order valence-electron chi connectivity index (χ4n) is 2.04. The van der Waals surface area contributed by atoms with Gasteiger partial charge in [-0.15, -0.1) is 0 Å². The third-order valence-corrected chi connectivity index (χ3v) is 3.61. The number of fused-ring (bicyclic) bond motifs is 1. The summed E-state index contributed by atoms with van der Waals surface area (Å²) < 4.78 is 32.5. The largest absolute Gasteiger partial charge is 0.482 e. The van der Waals surface area contributed by atoms with Crippen LogP contribution in [0.1, 0.15) is 11.7 Å². The van der Waals surface area contributed by atoms with E-state index in [4.69, 9.17) is 4.74 Å². The van der Waals surface area contributed by atoms with Crippen molar-refractivity contribution in [1.29, 1.82) is 0 Å². The summed E-state index contributed by atoms with van der Waals surface area (Å²) >= 11 is 3.15. The van der Waals surface area contributed by atoms with Crippen LogP contribution < -0.4 is 10.1 Å². The van der Waals surface area contributed by atoms with Crippen LogP contribution in [0.15, 0.2) is 40.9 Å². The Kier molecular flexibility index (Phi) is 3.14. The molecule has 19 heavy (non-hydrogen) atoms. The molecule has 0 aliphatic carbocycles. The van der Waals surface area contributed by atoms with E-state index in [-0.39, 0.29) is 17.7 Å². The number of benzene rings is 2. The summed E-state index contributed by atoms with van der Waals surface area (Å²) in [5.41, 5.74) is 1.59. The third-order valence-electron chi connectivity index (χ3n) is 3.01. The van der Waals surface area contributed by atoms with E-state index >= 15 is 0 Å². The smallest absolute Gasteiger partial charge is 0.146 e. The molecule has 1 aliphatic heterocycles. The molecule has 5 heteroatoms. The summed E-state index contributed by atoms with van der Waals surface area (Å²) in [6, 6.07) is 9.07. The van der Waals surface area contributed by atoms with Crippen molar-refractivity contribution in [2.45, 2.75) is 6.10 Å². The fraction of sp³-hybridized carbons (Fsp3) is 0.143. The van der Waals surface area contributed by atoms with Crippen LogP contribution in [0.5, 0.6) is 5.75 Å². The zero-order valence-corrected chi connectivity index (χ0v) is 11.4. The molecule has 1 aliphatic rings. The highest BCUT2D eigenvalue weighted by Crippen LogP contribution is 2.35. The molecule has 1 unspecified atom stereocenters. The number of anilines is 1. The van der Waals surface area contributed by atoms with E-state index in [0.29, 0.717) is 16.8 Å². The normalized spacial score (nSPS) is 17.3. The first-order valence-corrected chi connectivity index (χ1v) is 6.58. The van der Waals surface area contributed by atoms with Crippen LogP contribution in [0.2, 0.25) is 0 Å². The SMILES string of the molecule is Fc1ccc2c(c1)OC(c1ccc(F)c(Br)c1)CN2. The first-order chi connectivity index (χ1) is 9.13. The Labute approximate surface area is 117 Å². The van der Waals surface area contributed by atoms with E-state index < -0.39 is 0 Å². The Hall–Kier alpha value is -1.62. The number of hydrogen-bond acceptors (Lipinski definition) is 2. The second kappa shape index (κ2) is 4.81. The number of rotatable bonds is 1. The van der Waals surface area contributed by atoms with Gasteiger partial charge in [0, 0.05) is 6.07 Å². The van der Waals surface area contributed by atoms with Gasteiger partial charge in [-0.1, -0.05) is 6.07 Å². The van der Waals surface area contributed by atoms with Gasteiger partial charge in [-0.2, -0.15) is 0 Å². The minimum Gasteiger partial charge on any atom is -0.482 e. The van der Waals surface area contributed by atoms with E-state index in [2.05, 4.69) is 21.2 Å². The minimum absolute atomic E-state index is 0.272. The maximum Gasteiger partial charge on any atom is 0.146 e. The Morgan fingerprint density at radius 1 is 1.16 bits per heavy atom. The van der Waals surface area contributed by atoms with E-state index in [0.717, 1.165) is 11.3 Å². The molecule has 0 radical (unpaired) electrons. The van der Waals surface area contributed by atoms with E-state index in [1.165, 1.54) is 18.2 Å². The molecular weight excluding hydrogens is 316 g/mol. The maximum atomic E-state index is 13.2. The van der Waals surface area contributed by atoms with Crippen LogP contribution in [0.3, 0.4) is 0 Å². The molecule has 2 nitrogen and oxygen atoms in total. The molecule has 0 saturated carbocycles. The van der Waals surface area contributed by atoms with Crippen LogP contribution in [0.25, 0.3) is 0 Å². The maximum absolute atomic E-state index is 13.2. The van der Waals surface area contributed by atoms with Crippen molar-refractivity contribution in [3.8, 4) is 5.75 Å². The van der Waals surface area contributed by atoms with E-state index in [1.54, 1.807) is 18.2 Å². The van der Waals surface area contributed by atoms with Gasteiger partial charge in [-0.3, -0.25) is 0 Å². The fourth-order valence-corrected chi connectivity index (χ4v) is 2.43. The summed E-state index contributed by atoms with van der Waals surface area (Å²) in [5.74, 6) is -0.197. The average Bonchev–Trinajstić information content (AvgIpc) is 2.41. The molecule has 0 aromatic heterocycles. The predicted octanol–water partition coefficient (Wildman–Crippen LogP) is 4.27. The number of halogens is 3. The van der Waals surface area contributed by atoms with Crippen LogP contribution >= 0.6 is 15.9 Å². The van der Waals surface area contributed by atoms with Crippen molar-refractivity contribution in [1.82, 2.24) is 0 Å². The monoisotopic (exact) mass is 325 g/mol. The zero-order chi connectivity index (χ0) is 13.4. The predicted molar refractivity (Wildman–Crippen MR) is 72.4 cm³/mol. The molecule has 2 aromatic rings. The molecule has 98 valence electrons. The van der Waals surface area contributed by atoms with Gasteiger partial charge in [0.15, 0.2) is 0 Å². The molecule has 0 amide bonds. The number of ether oxygens (including phenoxy) is 1. The van der Waals surface area contributed by atoms with Gasteiger partial charge < -0.3 is 10.1 Å². The van der Waals surface area contributed by atoms with Crippen molar-refractivity contribution in [3.05, 3.63) is 58.1 Å². The summed E-state index contributed by atoms with van der Waals surface area (Å²) in [5, 5.41) is 3.17. The van der Waals surface area contributed by atoms with Gasteiger partial charge >= 0.3 is 0 Å². The summed E-state index contributed by atoms with van der Waals surface area (Å²) in [7, 11) is 0. The quantitative estimate of drug-likeness (QED) is 0.845. The average molecular weight is 326 g/mol. The van der Waals surface area contributed by atoms with Crippen molar-refractivity contribution in [3.63, 3.8) is 0 Å². The minimum atomic E-state index is -0.346. The highest BCUT2D eigenvalue weighted by Gasteiger charge is 2.21. The lowest BCUT2D eigenvalue weighted by atomic mass is 10.1. The Balaban J connectivity index is 1.90. The molecule has 3 rings (SSSR count). The molecule has 0 spiro atoms. The second-order valence-electron chi connectivity index (χ2n) is 4.30. The van der Waals surface area contributed by atoms with Crippen molar-refractivity contribution >= 4 is 21.6 Å². The third kappa shape index (κ3) is 2.42. The van der Waals surface area contributed by atoms with Gasteiger partial charge in [0.25, 0.3) is 0 Å². The molecule has 0 bridgehead atoms. The second-order valence-corrected chi connectivity index (χ2v) is 5.16. The molecule has 1 heterocycles. The molecule has 1 N–H and O–H groups in total. The van der Waals surface area contributed by atoms with Crippen LogP contribution in [0, 0.1) is 11.6 Å². The number of hydrogen-bond donors (Lipinski definition) is 1. The van der Waals surface area contributed by atoms with Crippen LogP contribution in [0.4, 0.5) is 14.5 Å². The first kappa shape index (κ1) is 12.4. The molecule has 2 aromatic carbocycles. The van der Waals surface area contributed by atoms with Crippen LogP contribution in [-0.2, 0) is 0 Å². The Morgan fingerprint density at radius 2 is 2.00 bits per heavy atom. The highest BCUT2D eigenvalue weighted by atomic mass is 79.9. The van der Waals surface area contributed by atoms with Crippen LogP contribution in [-0.4, -0.2) is 6.54 Å². The van der Waals surface area contributed by atoms with Crippen molar-refractivity contribution in [2.24, 2.45) is 0 Å². The Morgan fingerprint density at radius 3 is 2.79 bits per heavy atom. The van der Waals surface area contributed by atoms with Gasteiger partial charge in [-0.25, -0.2) is 8.78 Å². The standard InChI is InChI=1S/C14H10BrF2NO/c15-10-5-8(1-3-11(10)17)14-7-18-12-4-2-9(16)6-13(12)19-14/h1-6,14,18H,7H2. The zero-order valence-electron chi connectivity index (χ0n) is 9.79. The van der Waals surface area contributed by atoms with E-state index in [9.17, 15) is 8.78 Å². The van der Waals surface area contributed by atoms with E-state index in [1.807, 2.05) is 0 Å². The summed E-state index contributed by atoms with van der Waals surface area (Å²) in [4.78, 5) is 0. The lowest BCUT2D eigenvalue weighted by molar-refractivity contribution is 0.209. The van der Waals surface area contributed by atoms with Gasteiger partial charge in [0.2, 0.25) is 0 Å². The molecule has 1 atom stereocenters. The van der Waals surface area contributed by atoms with Gasteiger partial charge in [-0.05, 0) is 45.8 Å². The molecule has 0 saturated heterocycles. The summed E-state index contributed by atoms with van der Waals surface area (Å²) in [6.45, 7) is 0.552. The van der Waals surface area contributed by atoms with Gasteiger partial charge in [0.1, 0.15) is 23.5 Å². The number of nitrogens with one attached hydrogen (secondary N) is 1. The lowest BCUT2D eigenvalue weighted by Crippen LogP contribution is -2.23. The van der Waals surface area contributed by atoms with Crippen molar-refractivity contribution < 1.29 is 13.5 Å². The highest BCUT2D eigenvalue weighted by molar-refractivity contribution is 9.10. The van der Waals surface area contributed by atoms with Crippen molar-refractivity contribution in [2.75, 3.05) is 11.9 Å². The lowest BCUT2D eigenvalue weighted by Gasteiger charge is -2.27. The van der Waals surface area contributed by atoms with Gasteiger partial charge in [0.05, 0.1) is 16.7 Å². The first-order valence-electron chi connectivity index (χ1n) is 5.78.